The highest BCUT2D eigenvalue weighted by Gasteiger charge is 2.30. The van der Waals surface area contributed by atoms with E-state index < -0.39 is 22.5 Å². The zero-order valence-electron chi connectivity index (χ0n) is 21.0. The van der Waals surface area contributed by atoms with Crippen LogP contribution in [0.4, 0.5) is 11.4 Å². The van der Waals surface area contributed by atoms with Gasteiger partial charge in [-0.3, -0.25) is 13.9 Å². The Balaban J connectivity index is 1.64. The van der Waals surface area contributed by atoms with E-state index in [1.807, 2.05) is 6.92 Å². The summed E-state index contributed by atoms with van der Waals surface area (Å²) in [4.78, 5) is 28.4. The topological polar surface area (TPSA) is 86.8 Å². The van der Waals surface area contributed by atoms with E-state index in [1.54, 1.807) is 41.3 Å². The van der Waals surface area contributed by atoms with Crippen LogP contribution in [0, 0.1) is 6.92 Å². The van der Waals surface area contributed by atoms with Gasteiger partial charge in [0.2, 0.25) is 5.91 Å². The van der Waals surface area contributed by atoms with Crippen molar-refractivity contribution in [3.63, 3.8) is 0 Å². The molecule has 3 aromatic carbocycles. The first-order valence-electron chi connectivity index (χ1n) is 12.4. The van der Waals surface area contributed by atoms with Crippen LogP contribution < -0.4 is 9.62 Å². The fourth-order valence-electron chi connectivity index (χ4n) is 4.36. The Morgan fingerprint density at radius 3 is 2.26 bits per heavy atom. The zero-order valence-corrected chi connectivity index (χ0v) is 23.3. The summed E-state index contributed by atoms with van der Waals surface area (Å²) in [7, 11) is -4.19. The number of nitrogens with zero attached hydrogens (tertiary/aromatic N) is 2. The number of carbonyl (C=O) groups is 2. The highest BCUT2D eigenvalue weighted by atomic mass is 35.5. The second kappa shape index (κ2) is 12.2. The molecule has 1 aliphatic rings. The number of rotatable bonds is 7. The molecule has 3 aromatic rings. The molecule has 38 heavy (non-hydrogen) atoms. The smallest absolute Gasteiger partial charge is 0.264 e. The van der Waals surface area contributed by atoms with Crippen molar-refractivity contribution >= 4 is 56.4 Å². The lowest BCUT2D eigenvalue weighted by atomic mass is 10.1. The van der Waals surface area contributed by atoms with Gasteiger partial charge in [0, 0.05) is 18.1 Å². The minimum Gasteiger partial charge on any atom is -0.339 e. The van der Waals surface area contributed by atoms with Crippen LogP contribution in [0.1, 0.15) is 41.6 Å². The molecule has 0 radical (unpaired) electrons. The van der Waals surface area contributed by atoms with Crippen LogP contribution in [0.5, 0.6) is 0 Å². The van der Waals surface area contributed by atoms with Crippen LogP contribution in [0.3, 0.4) is 0 Å². The van der Waals surface area contributed by atoms with Gasteiger partial charge in [0.25, 0.3) is 15.9 Å². The summed E-state index contributed by atoms with van der Waals surface area (Å²) in [6.07, 6.45) is 4.04. The van der Waals surface area contributed by atoms with Gasteiger partial charge in [-0.05, 0) is 62.2 Å². The zero-order chi connectivity index (χ0) is 27.3. The molecule has 1 aliphatic heterocycles. The molecule has 1 N–H and O–H groups in total. The molecule has 2 amide bonds. The number of amides is 2. The fourth-order valence-corrected chi connectivity index (χ4v) is 6.22. The molecule has 0 bridgehead atoms. The maximum absolute atomic E-state index is 13.7. The molecular weight excluding hydrogens is 545 g/mol. The van der Waals surface area contributed by atoms with Gasteiger partial charge in [-0.15, -0.1) is 0 Å². The number of halogens is 2. The van der Waals surface area contributed by atoms with E-state index in [4.69, 9.17) is 23.2 Å². The van der Waals surface area contributed by atoms with E-state index in [2.05, 4.69) is 5.32 Å². The molecule has 0 aliphatic carbocycles. The lowest BCUT2D eigenvalue weighted by Crippen LogP contribution is -2.39. The molecule has 0 atom stereocenters. The third-order valence-corrected chi connectivity index (χ3v) is 8.73. The first-order chi connectivity index (χ1) is 18.2. The number of aryl methyl sites for hydroxylation is 1. The van der Waals surface area contributed by atoms with Crippen molar-refractivity contribution in [1.82, 2.24) is 4.90 Å². The first-order valence-corrected chi connectivity index (χ1v) is 14.6. The minimum atomic E-state index is -4.19. The van der Waals surface area contributed by atoms with Crippen LogP contribution in [-0.2, 0) is 14.8 Å². The molecule has 7 nitrogen and oxygen atoms in total. The van der Waals surface area contributed by atoms with Gasteiger partial charge in [-0.2, -0.15) is 0 Å². The largest absolute Gasteiger partial charge is 0.339 e. The molecule has 4 rings (SSSR count). The molecule has 0 spiro atoms. The second-order valence-electron chi connectivity index (χ2n) is 9.22. The van der Waals surface area contributed by atoms with Crippen molar-refractivity contribution in [2.24, 2.45) is 0 Å². The van der Waals surface area contributed by atoms with Crippen molar-refractivity contribution in [3.8, 4) is 0 Å². The van der Waals surface area contributed by atoms with Crippen molar-refractivity contribution in [2.45, 2.75) is 37.5 Å². The number of nitrogens with one attached hydrogen (secondary N) is 1. The molecule has 200 valence electrons. The monoisotopic (exact) mass is 573 g/mol. The van der Waals surface area contributed by atoms with Crippen molar-refractivity contribution in [2.75, 3.05) is 29.3 Å². The number of benzene rings is 3. The minimum absolute atomic E-state index is 0.00341. The van der Waals surface area contributed by atoms with Crippen molar-refractivity contribution in [1.29, 1.82) is 0 Å². The summed E-state index contributed by atoms with van der Waals surface area (Å²) < 4.78 is 28.3. The lowest BCUT2D eigenvalue weighted by Gasteiger charge is -2.26. The third kappa shape index (κ3) is 6.49. The van der Waals surface area contributed by atoms with E-state index >= 15 is 0 Å². The number of sulfonamides is 1. The van der Waals surface area contributed by atoms with E-state index in [0.717, 1.165) is 35.6 Å². The van der Waals surface area contributed by atoms with Crippen molar-refractivity contribution < 1.29 is 18.0 Å². The Hall–Kier alpha value is -3.07. The second-order valence-corrected chi connectivity index (χ2v) is 11.9. The molecule has 1 fully saturated rings. The van der Waals surface area contributed by atoms with Gasteiger partial charge in [0.15, 0.2) is 0 Å². The van der Waals surface area contributed by atoms with Gasteiger partial charge >= 0.3 is 0 Å². The van der Waals surface area contributed by atoms with E-state index in [0.29, 0.717) is 24.3 Å². The number of carbonyl (C=O) groups excluding carboxylic acids is 2. The van der Waals surface area contributed by atoms with E-state index in [1.165, 1.54) is 30.3 Å². The summed E-state index contributed by atoms with van der Waals surface area (Å²) in [6, 6.07) is 17.5. The van der Waals surface area contributed by atoms with E-state index in [9.17, 15) is 18.0 Å². The quantitative estimate of drug-likeness (QED) is 0.367. The Morgan fingerprint density at radius 1 is 0.921 bits per heavy atom. The number of para-hydroxylation sites is 1. The molecule has 0 aromatic heterocycles. The first kappa shape index (κ1) is 28.0. The molecule has 1 heterocycles. The van der Waals surface area contributed by atoms with Gasteiger partial charge in [-0.1, -0.05) is 65.9 Å². The Kier molecular flexibility index (Phi) is 8.97. The SMILES string of the molecule is Cc1ccc(S(=O)(=O)N(CC(=O)Nc2ccccc2C(=O)N2CCCCCC2)c2cc(Cl)ccc2Cl)cc1. The fraction of sp³-hybridized carbons (Fsp3) is 0.286. The number of hydrogen-bond acceptors (Lipinski definition) is 4. The predicted molar refractivity (Wildman–Crippen MR) is 152 cm³/mol. The van der Waals surface area contributed by atoms with Crippen LogP contribution in [0.15, 0.2) is 71.6 Å². The molecular formula is C28H29Cl2N3O4S. The molecule has 1 saturated heterocycles. The number of anilines is 2. The van der Waals surface area contributed by atoms with E-state index in [-0.39, 0.29) is 26.5 Å². The highest BCUT2D eigenvalue weighted by Crippen LogP contribution is 2.33. The standard InChI is InChI=1S/C28H29Cl2N3O4S/c1-20-10-13-22(14-11-20)38(36,37)33(26-18-21(29)12-15-24(26)30)19-27(34)31-25-9-5-4-8-23(25)28(35)32-16-6-2-3-7-17-32/h4-5,8-15,18H,2-3,6-7,16-17,19H2,1H3,(H,31,34). The summed E-state index contributed by atoms with van der Waals surface area (Å²) in [5.74, 6) is -0.794. The normalized spacial score (nSPS) is 14.0. The van der Waals surface area contributed by atoms with Gasteiger partial charge in [-0.25, -0.2) is 8.42 Å². The predicted octanol–water partition coefficient (Wildman–Crippen LogP) is 6.15. The summed E-state index contributed by atoms with van der Waals surface area (Å²) >= 11 is 12.5. The molecule has 10 heteroatoms. The summed E-state index contributed by atoms with van der Waals surface area (Å²) in [5, 5.41) is 3.13. The van der Waals surface area contributed by atoms with Gasteiger partial charge in [0.05, 0.1) is 26.9 Å². The number of likely N-dealkylation sites (tertiary alicyclic amines) is 1. The maximum atomic E-state index is 13.7. The average Bonchev–Trinajstić information content (AvgIpc) is 3.19. The average molecular weight is 575 g/mol. The van der Waals surface area contributed by atoms with Crippen LogP contribution in [0.2, 0.25) is 10.0 Å². The Bertz CT molecular complexity index is 1420. The molecule has 0 saturated carbocycles. The number of hydrogen-bond donors (Lipinski definition) is 1. The summed E-state index contributed by atoms with van der Waals surface area (Å²) in [5.41, 5.74) is 1.64. The Labute approximate surface area is 233 Å². The third-order valence-electron chi connectivity index (χ3n) is 6.40. The van der Waals surface area contributed by atoms with Crippen LogP contribution in [0.25, 0.3) is 0 Å². The van der Waals surface area contributed by atoms with Crippen LogP contribution in [-0.4, -0.2) is 44.8 Å². The van der Waals surface area contributed by atoms with Crippen molar-refractivity contribution in [3.05, 3.63) is 87.9 Å². The lowest BCUT2D eigenvalue weighted by molar-refractivity contribution is -0.114. The maximum Gasteiger partial charge on any atom is 0.264 e. The molecule has 0 unspecified atom stereocenters. The Morgan fingerprint density at radius 2 is 1.58 bits per heavy atom. The summed E-state index contributed by atoms with van der Waals surface area (Å²) in [6.45, 7) is 2.59. The van der Waals surface area contributed by atoms with Gasteiger partial charge in [0.1, 0.15) is 6.54 Å². The van der Waals surface area contributed by atoms with Gasteiger partial charge < -0.3 is 10.2 Å². The highest BCUT2D eigenvalue weighted by molar-refractivity contribution is 7.92. The van der Waals surface area contributed by atoms with Crippen LogP contribution >= 0.6 is 23.2 Å².